The third kappa shape index (κ3) is 6.24. The Morgan fingerprint density at radius 2 is 1.47 bits per heavy atom. The first-order valence-corrected chi connectivity index (χ1v) is 8.41. The smallest absolute Gasteiger partial charge is 0.00793 e. The third-order valence-electron chi connectivity index (χ3n) is 4.75. The van der Waals surface area contributed by atoms with Crippen LogP contribution in [0.4, 0.5) is 0 Å². The second-order valence-corrected chi connectivity index (χ2v) is 5.98. The molecule has 19 heavy (non-hydrogen) atoms. The van der Waals surface area contributed by atoms with E-state index in [0.717, 1.165) is 5.92 Å². The lowest BCUT2D eigenvalue weighted by Crippen LogP contribution is -2.42. The highest BCUT2D eigenvalue weighted by molar-refractivity contribution is 4.80. The van der Waals surface area contributed by atoms with Gasteiger partial charge in [-0.2, -0.15) is 0 Å². The SMILES string of the molecule is CCN(CC)CCCN(CC)CC1CCCCC1N. The second-order valence-electron chi connectivity index (χ2n) is 5.98. The van der Waals surface area contributed by atoms with Crippen LogP contribution in [0.5, 0.6) is 0 Å². The summed E-state index contributed by atoms with van der Waals surface area (Å²) in [6.45, 7) is 14.0. The lowest BCUT2D eigenvalue weighted by atomic mass is 9.84. The van der Waals surface area contributed by atoms with Crippen LogP contribution in [0.1, 0.15) is 52.9 Å². The van der Waals surface area contributed by atoms with Gasteiger partial charge in [0.05, 0.1) is 0 Å². The van der Waals surface area contributed by atoms with Gasteiger partial charge < -0.3 is 15.5 Å². The Balaban J connectivity index is 2.24. The second kappa shape index (κ2) is 9.73. The third-order valence-corrected chi connectivity index (χ3v) is 4.75. The van der Waals surface area contributed by atoms with Crippen LogP contribution >= 0.6 is 0 Å². The molecule has 0 saturated heterocycles. The summed E-state index contributed by atoms with van der Waals surface area (Å²) < 4.78 is 0. The maximum Gasteiger partial charge on any atom is 0.00793 e. The minimum absolute atomic E-state index is 0.450. The highest BCUT2D eigenvalue weighted by atomic mass is 15.1. The van der Waals surface area contributed by atoms with E-state index in [1.807, 2.05) is 0 Å². The molecule has 1 fully saturated rings. The van der Waals surface area contributed by atoms with Crippen molar-refractivity contribution >= 4 is 0 Å². The van der Waals surface area contributed by atoms with E-state index in [2.05, 4.69) is 30.6 Å². The quantitative estimate of drug-likeness (QED) is 0.698. The van der Waals surface area contributed by atoms with Crippen molar-refractivity contribution in [3.05, 3.63) is 0 Å². The van der Waals surface area contributed by atoms with Gasteiger partial charge in [0, 0.05) is 12.6 Å². The molecule has 1 aliphatic rings. The van der Waals surface area contributed by atoms with Crippen molar-refractivity contribution in [3.63, 3.8) is 0 Å². The maximum absolute atomic E-state index is 6.27. The van der Waals surface area contributed by atoms with Crippen LogP contribution in [-0.4, -0.2) is 55.1 Å². The number of hydrogen-bond acceptors (Lipinski definition) is 3. The summed E-state index contributed by atoms with van der Waals surface area (Å²) in [5, 5.41) is 0. The minimum atomic E-state index is 0.450. The highest BCUT2D eigenvalue weighted by Crippen LogP contribution is 2.23. The topological polar surface area (TPSA) is 32.5 Å². The minimum Gasteiger partial charge on any atom is -0.327 e. The molecule has 3 nitrogen and oxygen atoms in total. The molecule has 1 rings (SSSR count). The van der Waals surface area contributed by atoms with Gasteiger partial charge in [-0.25, -0.2) is 0 Å². The van der Waals surface area contributed by atoms with E-state index in [1.54, 1.807) is 0 Å². The van der Waals surface area contributed by atoms with Gasteiger partial charge in [-0.15, -0.1) is 0 Å². The molecule has 0 spiro atoms. The summed E-state index contributed by atoms with van der Waals surface area (Å²) in [6, 6.07) is 0.450. The normalized spacial score (nSPS) is 24.3. The molecule has 3 heteroatoms. The Morgan fingerprint density at radius 3 is 2.05 bits per heavy atom. The van der Waals surface area contributed by atoms with Crippen LogP contribution in [-0.2, 0) is 0 Å². The predicted octanol–water partition coefficient (Wildman–Crippen LogP) is 2.56. The van der Waals surface area contributed by atoms with Gasteiger partial charge in [0.1, 0.15) is 0 Å². The molecule has 0 heterocycles. The number of nitrogens with zero attached hydrogens (tertiary/aromatic N) is 2. The van der Waals surface area contributed by atoms with Crippen LogP contribution < -0.4 is 5.73 Å². The van der Waals surface area contributed by atoms with Gasteiger partial charge in [0.2, 0.25) is 0 Å². The van der Waals surface area contributed by atoms with Crippen molar-refractivity contribution in [3.8, 4) is 0 Å². The molecule has 114 valence electrons. The largest absolute Gasteiger partial charge is 0.327 e. The predicted molar refractivity (Wildman–Crippen MR) is 84.5 cm³/mol. The van der Waals surface area contributed by atoms with Crippen molar-refractivity contribution in [2.75, 3.05) is 39.3 Å². The first-order valence-electron chi connectivity index (χ1n) is 8.41. The molecule has 0 bridgehead atoms. The van der Waals surface area contributed by atoms with E-state index < -0.39 is 0 Å². The summed E-state index contributed by atoms with van der Waals surface area (Å²) in [5.74, 6) is 0.738. The van der Waals surface area contributed by atoms with Crippen molar-refractivity contribution in [2.45, 2.75) is 58.9 Å². The van der Waals surface area contributed by atoms with Gasteiger partial charge in [-0.3, -0.25) is 0 Å². The lowest BCUT2D eigenvalue weighted by molar-refractivity contribution is 0.180. The summed E-state index contributed by atoms with van der Waals surface area (Å²) in [5.41, 5.74) is 6.27. The van der Waals surface area contributed by atoms with Gasteiger partial charge in [-0.1, -0.05) is 33.6 Å². The van der Waals surface area contributed by atoms with Gasteiger partial charge in [-0.05, 0) is 57.9 Å². The fourth-order valence-corrected chi connectivity index (χ4v) is 3.23. The molecule has 0 aromatic carbocycles. The molecule has 2 atom stereocenters. The zero-order valence-corrected chi connectivity index (χ0v) is 13.4. The Bertz CT molecular complexity index is 216. The van der Waals surface area contributed by atoms with Crippen molar-refractivity contribution < 1.29 is 0 Å². The van der Waals surface area contributed by atoms with Gasteiger partial charge in [0.25, 0.3) is 0 Å². The van der Waals surface area contributed by atoms with Crippen molar-refractivity contribution in [1.29, 1.82) is 0 Å². The van der Waals surface area contributed by atoms with Crippen LogP contribution in [0.15, 0.2) is 0 Å². The summed E-state index contributed by atoms with van der Waals surface area (Å²) in [4.78, 5) is 5.12. The zero-order valence-electron chi connectivity index (χ0n) is 13.4. The van der Waals surface area contributed by atoms with Crippen LogP contribution in [0, 0.1) is 5.92 Å². The molecule has 0 aromatic heterocycles. The Morgan fingerprint density at radius 1 is 0.895 bits per heavy atom. The summed E-state index contributed by atoms with van der Waals surface area (Å²) >= 11 is 0. The molecule has 2 unspecified atom stereocenters. The molecule has 1 saturated carbocycles. The fourth-order valence-electron chi connectivity index (χ4n) is 3.23. The summed E-state index contributed by atoms with van der Waals surface area (Å²) in [6.07, 6.45) is 6.59. The number of nitrogens with two attached hydrogens (primary N) is 1. The van der Waals surface area contributed by atoms with E-state index >= 15 is 0 Å². The molecule has 1 aliphatic carbocycles. The fraction of sp³-hybridized carbons (Fsp3) is 1.00. The number of hydrogen-bond donors (Lipinski definition) is 1. The molecule has 0 aromatic rings. The highest BCUT2D eigenvalue weighted by Gasteiger charge is 2.23. The first kappa shape index (κ1) is 16.9. The van der Waals surface area contributed by atoms with Gasteiger partial charge >= 0.3 is 0 Å². The van der Waals surface area contributed by atoms with Crippen LogP contribution in [0.3, 0.4) is 0 Å². The monoisotopic (exact) mass is 269 g/mol. The lowest BCUT2D eigenvalue weighted by Gasteiger charge is -2.33. The summed E-state index contributed by atoms with van der Waals surface area (Å²) in [7, 11) is 0. The Hall–Kier alpha value is -0.120. The van der Waals surface area contributed by atoms with E-state index in [1.165, 1.54) is 71.4 Å². The Kier molecular flexibility index (Phi) is 8.67. The van der Waals surface area contributed by atoms with Crippen molar-refractivity contribution in [2.24, 2.45) is 11.7 Å². The van der Waals surface area contributed by atoms with Crippen LogP contribution in [0.2, 0.25) is 0 Å². The number of rotatable bonds is 9. The molecule has 2 N–H and O–H groups in total. The van der Waals surface area contributed by atoms with E-state index in [0.29, 0.717) is 6.04 Å². The van der Waals surface area contributed by atoms with E-state index in [4.69, 9.17) is 5.73 Å². The van der Waals surface area contributed by atoms with Crippen LogP contribution in [0.25, 0.3) is 0 Å². The van der Waals surface area contributed by atoms with Crippen molar-refractivity contribution in [1.82, 2.24) is 9.80 Å². The van der Waals surface area contributed by atoms with E-state index in [9.17, 15) is 0 Å². The van der Waals surface area contributed by atoms with Gasteiger partial charge in [0.15, 0.2) is 0 Å². The molecular formula is C16H35N3. The average Bonchev–Trinajstić information content (AvgIpc) is 2.44. The standard InChI is InChI=1S/C16H35N3/c1-4-18(5-2)12-9-13-19(6-3)14-15-10-7-8-11-16(15)17/h15-16H,4-14,17H2,1-3H3. The maximum atomic E-state index is 6.27. The first-order chi connectivity index (χ1) is 9.21. The molecule has 0 radical (unpaired) electrons. The zero-order chi connectivity index (χ0) is 14.1. The Labute approximate surface area is 120 Å². The average molecular weight is 269 g/mol. The van der Waals surface area contributed by atoms with E-state index in [-0.39, 0.29) is 0 Å². The molecule has 0 amide bonds. The molecular weight excluding hydrogens is 234 g/mol. The molecule has 0 aliphatic heterocycles.